The van der Waals surface area contributed by atoms with E-state index in [-0.39, 0.29) is 24.0 Å². The van der Waals surface area contributed by atoms with E-state index in [4.69, 9.17) is 0 Å². The van der Waals surface area contributed by atoms with Crippen LogP contribution in [0.15, 0.2) is 29.6 Å². The lowest BCUT2D eigenvalue weighted by molar-refractivity contribution is -0.384. The highest BCUT2D eigenvalue weighted by Crippen LogP contribution is 2.17. The van der Waals surface area contributed by atoms with Gasteiger partial charge in [-0.15, -0.1) is 11.3 Å². The first-order valence-electron chi connectivity index (χ1n) is 7.77. The second kappa shape index (κ2) is 8.90. The number of hydrogen-bond donors (Lipinski definition) is 1. The summed E-state index contributed by atoms with van der Waals surface area (Å²) in [7, 11) is 1.28. The number of nitro groups is 1. The first-order valence-corrected chi connectivity index (χ1v) is 8.65. The number of carbonyl (C=O) groups excluding carboxylic acids is 2. The Bertz CT molecular complexity index is 790. The van der Waals surface area contributed by atoms with Gasteiger partial charge in [0.05, 0.1) is 18.6 Å². The molecule has 0 atom stereocenters. The minimum absolute atomic E-state index is 0.0495. The number of anilines is 1. The van der Waals surface area contributed by atoms with Crippen LogP contribution in [0.25, 0.3) is 0 Å². The summed E-state index contributed by atoms with van der Waals surface area (Å²) in [6.07, 6.45) is 0.739. The maximum absolute atomic E-state index is 12.5. The molecule has 0 aliphatic rings. The fourth-order valence-corrected chi connectivity index (χ4v) is 2.91. The van der Waals surface area contributed by atoms with Gasteiger partial charge >= 0.3 is 12.0 Å². The van der Waals surface area contributed by atoms with Crippen molar-refractivity contribution in [1.29, 1.82) is 0 Å². The van der Waals surface area contributed by atoms with Crippen molar-refractivity contribution < 1.29 is 19.2 Å². The van der Waals surface area contributed by atoms with Crippen molar-refractivity contribution in [2.24, 2.45) is 0 Å². The fraction of sp³-hybridized carbons (Fsp3) is 0.312. The number of esters is 1. The molecule has 0 spiro atoms. The number of benzene rings is 1. The molecule has 0 bridgehead atoms. The summed E-state index contributed by atoms with van der Waals surface area (Å²) in [6.45, 7) is 2.67. The molecule has 1 aromatic heterocycles. The number of carbonyl (C=O) groups is 2. The van der Waals surface area contributed by atoms with Gasteiger partial charge in [0.25, 0.3) is 5.69 Å². The van der Waals surface area contributed by atoms with Crippen molar-refractivity contribution in [3.05, 3.63) is 50.5 Å². The summed E-state index contributed by atoms with van der Waals surface area (Å²) in [5, 5.41) is 15.6. The monoisotopic (exact) mass is 378 g/mol. The van der Waals surface area contributed by atoms with E-state index in [9.17, 15) is 19.7 Å². The number of nitro benzene ring substituents is 1. The summed E-state index contributed by atoms with van der Waals surface area (Å²) < 4.78 is 4.62. The standard InChI is InChI=1S/C16H18N4O5S/c1-3-8-19(9-14-18-13(10-26-14)15(21)25-2)16(22)17-11-4-6-12(7-5-11)20(23)24/h4-7,10H,3,8-9H2,1-2H3,(H,17,22). The fourth-order valence-electron chi connectivity index (χ4n) is 2.14. The molecule has 0 saturated heterocycles. The maximum Gasteiger partial charge on any atom is 0.357 e. The molecule has 2 amide bonds. The Labute approximate surface area is 153 Å². The number of urea groups is 1. The van der Waals surface area contributed by atoms with E-state index < -0.39 is 10.9 Å². The Morgan fingerprint density at radius 2 is 2.04 bits per heavy atom. The van der Waals surface area contributed by atoms with Crippen LogP contribution in [0.5, 0.6) is 0 Å². The zero-order valence-electron chi connectivity index (χ0n) is 14.3. The van der Waals surface area contributed by atoms with E-state index in [0.717, 1.165) is 6.42 Å². The number of amides is 2. The van der Waals surface area contributed by atoms with E-state index >= 15 is 0 Å². The topological polar surface area (TPSA) is 115 Å². The lowest BCUT2D eigenvalue weighted by Gasteiger charge is -2.21. The molecule has 9 nitrogen and oxygen atoms in total. The van der Waals surface area contributed by atoms with Crippen molar-refractivity contribution in [3.8, 4) is 0 Å². The van der Waals surface area contributed by atoms with Crippen LogP contribution in [-0.2, 0) is 11.3 Å². The highest BCUT2D eigenvalue weighted by atomic mass is 32.1. The minimum Gasteiger partial charge on any atom is -0.464 e. The van der Waals surface area contributed by atoms with Gasteiger partial charge < -0.3 is 15.0 Å². The molecule has 138 valence electrons. The molecular weight excluding hydrogens is 360 g/mol. The molecule has 0 fully saturated rings. The molecule has 2 aromatic rings. The van der Waals surface area contributed by atoms with Crippen molar-refractivity contribution in [1.82, 2.24) is 9.88 Å². The van der Waals surface area contributed by atoms with Gasteiger partial charge in [-0.1, -0.05) is 6.92 Å². The number of hydrogen-bond acceptors (Lipinski definition) is 7. The van der Waals surface area contributed by atoms with Crippen LogP contribution < -0.4 is 5.32 Å². The van der Waals surface area contributed by atoms with Gasteiger partial charge in [0, 0.05) is 29.7 Å². The van der Waals surface area contributed by atoms with Crippen LogP contribution in [0, 0.1) is 10.1 Å². The maximum atomic E-state index is 12.5. The number of nitrogens with zero attached hydrogens (tertiary/aromatic N) is 3. The van der Waals surface area contributed by atoms with E-state index in [2.05, 4.69) is 15.0 Å². The predicted octanol–water partition coefficient (Wildman–Crippen LogP) is 3.28. The van der Waals surface area contributed by atoms with Crippen molar-refractivity contribution in [3.63, 3.8) is 0 Å². The largest absolute Gasteiger partial charge is 0.464 e. The number of nitrogens with one attached hydrogen (secondary N) is 1. The molecule has 1 heterocycles. The molecule has 1 N–H and O–H groups in total. The third kappa shape index (κ3) is 4.99. The smallest absolute Gasteiger partial charge is 0.357 e. The van der Waals surface area contributed by atoms with Crippen molar-refractivity contribution in [2.45, 2.75) is 19.9 Å². The summed E-state index contributed by atoms with van der Waals surface area (Å²) in [5.41, 5.74) is 0.613. The van der Waals surface area contributed by atoms with Crippen LogP contribution in [0.4, 0.5) is 16.2 Å². The average molecular weight is 378 g/mol. The van der Waals surface area contributed by atoms with Gasteiger partial charge in [-0.05, 0) is 18.6 Å². The Balaban J connectivity index is 2.05. The molecule has 0 aliphatic carbocycles. The molecule has 26 heavy (non-hydrogen) atoms. The van der Waals surface area contributed by atoms with Crippen LogP contribution in [-0.4, -0.2) is 40.5 Å². The molecule has 0 unspecified atom stereocenters. The number of non-ortho nitro benzene ring substituents is 1. The quantitative estimate of drug-likeness (QED) is 0.449. The molecule has 10 heteroatoms. The van der Waals surface area contributed by atoms with Crippen LogP contribution >= 0.6 is 11.3 Å². The van der Waals surface area contributed by atoms with Crippen LogP contribution in [0.2, 0.25) is 0 Å². The average Bonchev–Trinajstić information content (AvgIpc) is 3.09. The highest BCUT2D eigenvalue weighted by molar-refractivity contribution is 7.09. The highest BCUT2D eigenvalue weighted by Gasteiger charge is 2.17. The zero-order chi connectivity index (χ0) is 19.1. The van der Waals surface area contributed by atoms with Gasteiger partial charge in [-0.3, -0.25) is 10.1 Å². The van der Waals surface area contributed by atoms with Crippen LogP contribution in [0.3, 0.4) is 0 Å². The van der Waals surface area contributed by atoms with Gasteiger partial charge in [-0.25, -0.2) is 14.6 Å². The van der Waals surface area contributed by atoms with E-state index in [1.54, 1.807) is 10.3 Å². The van der Waals surface area contributed by atoms with Crippen molar-refractivity contribution >= 4 is 34.7 Å². The zero-order valence-corrected chi connectivity index (χ0v) is 15.1. The summed E-state index contributed by atoms with van der Waals surface area (Å²) in [6, 6.07) is 5.24. The lowest BCUT2D eigenvalue weighted by atomic mass is 10.3. The van der Waals surface area contributed by atoms with E-state index in [0.29, 0.717) is 17.2 Å². The SMILES string of the molecule is CCCN(Cc1nc(C(=O)OC)cs1)C(=O)Nc1ccc([N+](=O)[O-])cc1. The van der Waals surface area contributed by atoms with Crippen LogP contribution in [0.1, 0.15) is 28.8 Å². The van der Waals surface area contributed by atoms with Gasteiger partial charge in [0.15, 0.2) is 5.69 Å². The Hall–Kier alpha value is -3.01. The molecule has 0 aliphatic heterocycles. The van der Waals surface area contributed by atoms with E-state index in [1.165, 1.54) is 42.7 Å². The van der Waals surface area contributed by atoms with Gasteiger partial charge in [0.1, 0.15) is 5.01 Å². The molecular formula is C16H18N4O5S. The lowest BCUT2D eigenvalue weighted by Crippen LogP contribution is -2.35. The number of aromatic nitrogens is 1. The molecule has 2 rings (SSSR count). The summed E-state index contributed by atoms with van der Waals surface area (Å²) in [4.78, 5) is 39.9. The van der Waals surface area contributed by atoms with Crippen molar-refractivity contribution in [2.75, 3.05) is 19.0 Å². The predicted molar refractivity (Wildman–Crippen MR) is 96.3 cm³/mol. The second-order valence-electron chi connectivity index (χ2n) is 5.27. The number of rotatable bonds is 7. The number of methoxy groups -OCH3 is 1. The second-order valence-corrected chi connectivity index (χ2v) is 6.22. The van der Waals surface area contributed by atoms with E-state index in [1.807, 2.05) is 6.92 Å². The third-order valence-corrected chi connectivity index (χ3v) is 4.22. The summed E-state index contributed by atoms with van der Waals surface area (Å²) in [5.74, 6) is -0.523. The molecule has 0 saturated carbocycles. The first-order chi connectivity index (χ1) is 12.4. The normalized spacial score (nSPS) is 10.2. The Kier molecular flexibility index (Phi) is 6.61. The molecule has 1 aromatic carbocycles. The van der Waals surface area contributed by atoms with Gasteiger partial charge in [0.2, 0.25) is 0 Å². The minimum atomic E-state index is -0.523. The number of ether oxygens (including phenoxy) is 1. The molecule has 0 radical (unpaired) electrons. The van der Waals surface area contributed by atoms with Gasteiger partial charge in [-0.2, -0.15) is 0 Å². The third-order valence-electron chi connectivity index (χ3n) is 3.38. The summed E-state index contributed by atoms with van der Waals surface area (Å²) >= 11 is 1.27. The Morgan fingerprint density at radius 3 is 2.62 bits per heavy atom. The first kappa shape index (κ1) is 19.3. The Morgan fingerprint density at radius 1 is 1.35 bits per heavy atom. The number of thiazole rings is 1.